The highest BCUT2D eigenvalue weighted by Gasteiger charge is 2.35. The van der Waals surface area contributed by atoms with Gasteiger partial charge in [-0.25, -0.2) is 4.57 Å². The number of hydrogen-bond donors (Lipinski definition) is 0. The van der Waals surface area contributed by atoms with Crippen molar-refractivity contribution >= 4 is 13.2 Å². The van der Waals surface area contributed by atoms with Gasteiger partial charge in [-0.15, -0.1) is 13.2 Å². The first-order valence-electron chi connectivity index (χ1n) is 4.30. The van der Waals surface area contributed by atoms with Gasteiger partial charge in [-0.05, 0) is 0 Å². The van der Waals surface area contributed by atoms with Gasteiger partial charge in [0.05, 0.1) is 13.2 Å². The van der Waals surface area contributed by atoms with E-state index in [9.17, 15) is 9.36 Å². The molecule has 0 saturated carbocycles. The monoisotopic (exact) mass is 233 g/mol. The smallest absolute Gasteiger partial charge is 0.338 e. The van der Waals surface area contributed by atoms with Crippen LogP contribution in [0, 0.1) is 0 Å². The summed E-state index contributed by atoms with van der Waals surface area (Å²) in [5, 5.41) is 0. The van der Waals surface area contributed by atoms with Gasteiger partial charge in [0.2, 0.25) is 0 Å². The fourth-order valence-corrected chi connectivity index (χ4v) is 2.08. The molecule has 0 rings (SSSR count). The van der Waals surface area contributed by atoms with Gasteiger partial charge in [0.15, 0.2) is 0 Å². The van der Waals surface area contributed by atoms with Crippen LogP contribution in [0.3, 0.4) is 0 Å². The maximum Gasteiger partial charge on any atom is 0.418 e. The maximum atomic E-state index is 11.9. The summed E-state index contributed by atoms with van der Waals surface area (Å²) in [6.45, 7) is 6.79. The molecular formula is C9H16NO4P. The van der Waals surface area contributed by atoms with Crippen molar-refractivity contribution in [1.29, 1.82) is 0 Å². The second-order valence-electron chi connectivity index (χ2n) is 2.84. The zero-order valence-electron chi connectivity index (χ0n) is 9.01. The van der Waals surface area contributed by atoms with Crippen molar-refractivity contribution in [3.63, 3.8) is 0 Å². The van der Waals surface area contributed by atoms with Gasteiger partial charge in [-0.2, -0.15) is 0 Å². The van der Waals surface area contributed by atoms with Gasteiger partial charge in [-0.3, -0.25) is 13.8 Å². The molecule has 5 nitrogen and oxygen atoms in total. The fourth-order valence-electron chi connectivity index (χ4n) is 0.694. The number of carbonyl (C=O) groups excluding carboxylic acids is 1. The molecule has 0 aliphatic carbocycles. The normalized spacial score (nSPS) is 10.8. The van der Waals surface area contributed by atoms with E-state index in [0.717, 1.165) is 4.90 Å². The minimum Gasteiger partial charge on any atom is -0.338 e. The molecule has 15 heavy (non-hydrogen) atoms. The third-order valence-electron chi connectivity index (χ3n) is 1.34. The summed E-state index contributed by atoms with van der Waals surface area (Å²) < 4.78 is 21.7. The van der Waals surface area contributed by atoms with E-state index in [-0.39, 0.29) is 13.2 Å². The van der Waals surface area contributed by atoms with E-state index >= 15 is 0 Å². The van der Waals surface area contributed by atoms with Gasteiger partial charge in [0.1, 0.15) is 0 Å². The molecule has 0 aromatic carbocycles. The lowest BCUT2D eigenvalue weighted by Gasteiger charge is -2.19. The molecule has 0 aromatic rings. The highest BCUT2D eigenvalue weighted by atomic mass is 31.2. The number of rotatable bonds is 7. The third-order valence-corrected chi connectivity index (χ3v) is 3.19. The predicted molar refractivity (Wildman–Crippen MR) is 59.0 cm³/mol. The van der Waals surface area contributed by atoms with E-state index < -0.39 is 13.2 Å². The summed E-state index contributed by atoms with van der Waals surface area (Å²) in [5.41, 5.74) is -0.689. The van der Waals surface area contributed by atoms with Crippen LogP contribution in [-0.2, 0) is 13.6 Å². The fraction of sp³-hybridized carbons (Fsp3) is 0.444. The van der Waals surface area contributed by atoms with Crippen molar-refractivity contribution in [3.05, 3.63) is 25.3 Å². The first kappa shape index (κ1) is 14.1. The first-order chi connectivity index (χ1) is 6.98. The van der Waals surface area contributed by atoms with Crippen LogP contribution in [0.2, 0.25) is 0 Å². The van der Waals surface area contributed by atoms with Crippen molar-refractivity contribution in [3.8, 4) is 0 Å². The largest absolute Gasteiger partial charge is 0.418 e. The van der Waals surface area contributed by atoms with Gasteiger partial charge < -0.3 is 4.90 Å². The Hall–Kier alpha value is -0.900. The highest BCUT2D eigenvalue weighted by molar-refractivity contribution is 7.71. The predicted octanol–water partition coefficient (Wildman–Crippen LogP) is 2.27. The van der Waals surface area contributed by atoms with Crippen LogP contribution in [-0.4, -0.2) is 37.9 Å². The maximum absolute atomic E-state index is 11.9. The van der Waals surface area contributed by atoms with Gasteiger partial charge in [0.25, 0.3) is 0 Å². The minimum atomic E-state index is -3.76. The van der Waals surface area contributed by atoms with Gasteiger partial charge in [-0.1, -0.05) is 12.2 Å². The van der Waals surface area contributed by atoms with Crippen molar-refractivity contribution < 1.29 is 18.4 Å². The average molecular weight is 233 g/mol. The molecule has 0 unspecified atom stereocenters. The number of carbonyl (C=O) groups is 1. The first-order valence-corrected chi connectivity index (χ1v) is 5.85. The Bertz CT molecular complexity index is 272. The van der Waals surface area contributed by atoms with E-state index in [0.29, 0.717) is 0 Å². The van der Waals surface area contributed by atoms with E-state index in [1.807, 2.05) is 0 Å². The molecular weight excluding hydrogens is 217 g/mol. The Kier molecular flexibility index (Phi) is 6.17. The van der Waals surface area contributed by atoms with Crippen LogP contribution >= 0.6 is 7.60 Å². The van der Waals surface area contributed by atoms with Crippen LogP contribution in [0.15, 0.2) is 25.3 Å². The summed E-state index contributed by atoms with van der Waals surface area (Å²) in [7, 11) is -0.804. The standard InChI is InChI=1S/C9H16NO4P/c1-5-7-13-15(12,14-8-6-2)9(11)10(3)4/h5-6H,1-2,7-8H2,3-4H3. The lowest BCUT2D eigenvalue weighted by atomic mass is 10.7. The van der Waals surface area contributed by atoms with Crippen molar-refractivity contribution in [2.45, 2.75) is 0 Å². The number of nitrogens with zero attached hydrogens (tertiary/aromatic N) is 1. The molecule has 0 spiro atoms. The Balaban J connectivity index is 4.67. The molecule has 0 N–H and O–H groups in total. The molecule has 0 aromatic heterocycles. The summed E-state index contributed by atoms with van der Waals surface area (Å²) in [5.74, 6) is 0. The molecule has 0 aliphatic rings. The zero-order valence-corrected chi connectivity index (χ0v) is 9.90. The van der Waals surface area contributed by atoms with Crippen molar-refractivity contribution in [2.24, 2.45) is 0 Å². The molecule has 0 radical (unpaired) electrons. The van der Waals surface area contributed by atoms with Crippen LogP contribution in [0.5, 0.6) is 0 Å². The van der Waals surface area contributed by atoms with Crippen LogP contribution in [0.25, 0.3) is 0 Å². The second-order valence-corrected chi connectivity index (χ2v) is 4.74. The highest BCUT2D eigenvalue weighted by Crippen LogP contribution is 2.50. The topological polar surface area (TPSA) is 55.8 Å². The number of hydrogen-bond acceptors (Lipinski definition) is 4. The molecule has 86 valence electrons. The minimum absolute atomic E-state index is 0.00595. The molecule has 6 heteroatoms. The lowest BCUT2D eigenvalue weighted by Crippen LogP contribution is -2.22. The molecule has 1 amide bonds. The summed E-state index contributed by atoms with van der Waals surface area (Å²) in [4.78, 5) is 12.7. The quantitative estimate of drug-likeness (QED) is 0.500. The van der Waals surface area contributed by atoms with Crippen LogP contribution in [0.1, 0.15) is 0 Å². The Morgan fingerprint density at radius 2 is 1.67 bits per heavy atom. The van der Waals surface area contributed by atoms with E-state index in [2.05, 4.69) is 13.2 Å². The summed E-state index contributed by atoms with van der Waals surface area (Å²) >= 11 is 0. The molecule has 0 heterocycles. The zero-order chi connectivity index (χ0) is 11.9. The molecule has 0 fully saturated rings. The molecule has 0 bridgehead atoms. The number of amides is 1. The van der Waals surface area contributed by atoms with Crippen LogP contribution in [0.4, 0.5) is 4.79 Å². The van der Waals surface area contributed by atoms with E-state index in [4.69, 9.17) is 9.05 Å². The Morgan fingerprint density at radius 3 is 1.93 bits per heavy atom. The third kappa shape index (κ3) is 4.42. The Morgan fingerprint density at radius 1 is 1.27 bits per heavy atom. The SMILES string of the molecule is C=CCOP(=O)(OCC=C)C(=O)N(C)C. The van der Waals surface area contributed by atoms with Gasteiger partial charge in [0, 0.05) is 14.1 Å². The lowest BCUT2D eigenvalue weighted by molar-refractivity contribution is 0.204. The van der Waals surface area contributed by atoms with E-state index in [1.165, 1.54) is 26.2 Å². The average Bonchev–Trinajstić information content (AvgIpc) is 2.22. The Labute approximate surface area is 89.9 Å². The summed E-state index contributed by atoms with van der Waals surface area (Å²) in [6, 6.07) is 0. The molecule has 0 atom stereocenters. The summed E-state index contributed by atoms with van der Waals surface area (Å²) in [6.07, 6.45) is 2.79. The van der Waals surface area contributed by atoms with E-state index in [1.54, 1.807) is 0 Å². The second kappa shape index (κ2) is 6.56. The van der Waals surface area contributed by atoms with Crippen molar-refractivity contribution in [1.82, 2.24) is 4.90 Å². The van der Waals surface area contributed by atoms with Crippen LogP contribution < -0.4 is 0 Å². The van der Waals surface area contributed by atoms with Gasteiger partial charge >= 0.3 is 13.2 Å². The van der Waals surface area contributed by atoms with Crippen molar-refractivity contribution in [2.75, 3.05) is 27.3 Å². The molecule has 0 aliphatic heterocycles. The molecule has 0 saturated heterocycles.